The maximum Gasteiger partial charge on any atom is 0.295 e. The van der Waals surface area contributed by atoms with Crippen LogP contribution in [-0.2, 0) is 11.3 Å². The molecule has 1 aromatic heterocycles. The molecule has 8 heteroatoms. The number of aryl methyl sites for hydroxylation is 1. The molecule has 3 aromatic carbocycles. The first-order valence-electron chi connectivity index (χ1n) is 9.81. The summed E-state index contributed by atoms with van der Waals surface area (Å²) in [6.45, 7) is 1.80. The molecule has 0 aliphatic carbocycles. The van der Waals surface area contributed by atoms with E-state index >= 15 is 0 Å². The Morgan fingerprint density at radius 2 is 1.78 bits per heavy atom. The van der Waals surface area contributed by atoms with Crippen LogP contribution >= 0.6 is 11.6 Å². The Morgan fingerprint density at radius 3 is 2.53 bits per heavy atom. The zero-order valence-corrected chi connectivity index (χ0v) is 17.9. The number of benzene rings is 3. The van der Waals surface area contributed by atoms with Gasteiger partial charge in [0.2, 0.25) is 11.8 Å². The summed E-state index contributed by atoms with van der Waals surface area (Å²) in [6.07, 6.45) is 0. The predicted molar refractivity (Wildman–Crippen MR) is 124 cm³/mol. The van der Waals surface area contributed by atoms with Gasteiger partial charge < -0.3 is 15.0 Å². The number of hydrogen-bond donors (Lipinski definition) is 2. The highest BCUT2D eigenvalue weighted by molar-refractivity contribution is 6.30. The molecule has 0 bridgehead atoms. The smallest absolute Gasteiger partial charge is 0.295 e. The van der Waals surface area contributed by atoms with Crippen molar-refractivity contribution < 1.29 is 14.7 Å². The van der Waals surface area contributed by atoms with Crippen molar-refractivity contribution in [3.63, 3.8) is 0 Å². The number of rotatable bonds is 5. The first-order valence-corrected chi connectivity index (χ1v) is 10.2. The minimum absolute atomic E-state index is 0.117. The lowest BCUT2D eigenvalue weighted by Gasteiger charge is -2.09. The highest BCUT2D eigenvalue weighted by atomic mass is 35.5. The number of fused-ring (bicyclic) bond motifs is 1. The number of amides is 2. The number of carbonyl (C=O) groups excluding carboxylic acids is 2. The summed E-state index contributed by atoms with van der Waals surface area (Å²) in [6, 6.07) is 20.8. The Morgan fingerprint density at radius 1 is 1.03 bits per heavy atom. The molecule has 0 aliphatic heterocycles. The van der Waals surface area contributed by atoms with Crippen LogP contribution in [0.2, 0.25) is 5.02 Å². The average molecular weight is 447 g/mol. The zero-order chi connectivity index (χ0) is 22.7. The van der Waals surface area contributed by atoms with Gasteiger partial charge in [0, 0.05) is 21.7 Å². The minimum Gasteiger partial charge on any atom is -0.493 e. The number of azo groups is 1. The van der Waals surface area contributed by atoms with E-state index in [9.17, 15) is 14.7 Å². The molecule has 160 valence electrons. The van der Waals surface area contributed by atoms with Gasteiger partial charge in [0.15, 0.2) is 5.69 Å². The maximum absolute atomic E-state index is 12.6. The minimum atomic E-state index is -0.574. The Kier molecular flexibility index (Phi) is 6.00. The van der Waals surface area contributed by atoms with Crippen LogP contribution in [-0.4, -0.2) is 21.5 Å². The van der Waals surface area contributed by atoms with Crippen molar-refractivity contribution in [2.24, 2.45) is 10.2 Å². The number of hydrogen-bond acceptors (Lipinski definition) is 4. The average Bonchev–Trinajstić information content (AvgIpc) is 3.03. The summed E-state index contributed by atoms with van der Waals surface area (Å²) in [5.41, 5.74) is 2.71. The van der Waals surface area contributed by atoms with Crippen molar-refractivity contribution in [2.75, 3.05) is 5.32 Å². The molecule has 4 rings (SSSR count). The lowest BCUT2D eigenvalue weighted by atomic mass is 10.2. The zero-order valence-electron chi connectivity index (χ0n) is 17.1. The topological polar surface area (TPSA) is 96.1 Å². The van der Waals surface area contributed by atoms with Gasteiger partial charge in [-0.15, -0.1) is 10.2 Å². The van der Waals surface area contributed by atoms with Crippen LogP contribution in [0.1, 0.15) is 15.9 Å². The number of nitrogens with one attached hydrogen (secondary N) is 1. The maximum atomic E-state index is 12.6. The van der Waals surface area contributed by atoms with Gasteiger partial charge in [0.1, 0.15) is 6.54 Å². The van der Waals surface area contributed by atoms with Crippen LogP contribution in [0.25, 0.3) is 10.9 Å². The van der Waals surface area contributed by atoms with Crippen LogP contribution in [0, 0.1) is 6.92 Å². The molecule has 0 unspecified atom stereocenters. The molecule has 0 aliphatic rings. The second kappa shape index (κ2) is 9.03. The summed E-state index contributed by atoms with van der Waals surface area (Å²) in [4.78, 5) is 25.0. The number of para-hydroxylation sites is 1. The molecule has 2 amide bonds. The molecule has 0 radical (unpaired) electrons. The van der Waals surface area contributed by atoms with Crippen LogP contribution in [0.15, 0.2) is 83.0 Å². The second-order valence-electron chi connectivity index (χ2n) is 7.21. The summed E-state index contributed by atoms with van der Waals surface area (Å²) in [5, 5.41) is 22.4. The summed E-state index contributed by atoms with van der Waals surface area (Å²) >= 11 is 5.84. The molecule has 2 N–H and O–H groups in total. The summed E-state index contributed by atoms with van der Waals surface area (Å²) < 4.78 is 1.43. The van der Waals surface area contributed by atoms with Crippen molar-refractivity contribution in [1.82, 2.24) is 4.57 Å². The molecular weight excluding hydrogens is 428 g/mol. The van der Waals surface area contributed by atoms with Gasteiger partial charge in [-0.1, -0.05) is 41.9 Å². The van der Waals surface area contributed by atoms with E-state index < -0.39 is 5.91 Å². The van der Waals surface area contributed by atoms with Crippen molar-refractivity contribution in [3.05, 3.63) is 88.9 Å². The van der Waals surface area contributed by atoms with E-state index in [4.69, 9.17) is 11.6 Å². The Bertz CT molecular complexity index is 1340. The third kappa shape index (κ3) is 4.53. The van der Waals surface area contributed by atoms with Crippen molar-refractivity contribution in [3.8, 4) is 5.88 Å². The van der Waals surface area contributed by atoms with Gasteiger partial charge in [-0.25, -0.2) is 0 Å². The van der Waals surface area contributed by atoms with E-state index in [0.29, 0.717) is 27.2 Å². The number of nitrogens with zero attached hydrogens (tertiary/aromatic N) is 3. The third-order valence-corrected chi connectivity index (χ3v) is 5.10. The molecule has 0 atom stereocenters. The third-order valence-electron chi connectivity index (χ3n) is 4.85. The van der Waals surface area contributed by atoms with Gasteiger partial charge in [-0.3, -0.25) is 9.59 Å². The van der Waals surface area contributed by atoms with Crippen LogP contribution in [0.3, 0.4) is 0 Å². The van der Waals surface area contributed by atoms with Gasteiger partial charge in [-0.2, -0.15) is 0 Å². The summed E-state index contributed by atoms with van der Waals surface area (Å²) in [5.74, 6) is -1.14. The molecule has 0 saturated carbocycles. The van der Waals surface area contributed by atoms with E-state index in [-0.39, 0.29) is 24.0 Å². The molecule has 1 heterocycles. The molecule has 0 saturated heterocycles. The van der Waals surface area contributed by atoms with Gasteiger partial charge in [0.05, 0.1) is 5.52 Å². The highest BCUT2D eigenvalue weighted by Crippen LogP contribution is 2.38. The molecular formula is C24H19ClN4O3. The van der Waals surface area contributed by atoms with E-state index in [2.05, 4.69) is 15.5 Å². The Hall–Kier alpha value is -3.97. The molecule has 0 fully saturated rings. The van der Waals surface area contributed by atoms with Crippen LogP contribution in [0.5, 0.6) is 5.88 Å². The fourth-order valence-corrected chi connectivity index (χ4v) is 3.47. The SMILES string of the molecule is Cc1cccc(NC(=O)Cn2c(O)c(N=NC(=O)c3ccc(Cl)cc3)c3ccccc32)c1. The van der Waals surface area contributed by atoms with E-state index in [1.807, 2.05) is 25.1 Å². The number of aromatic nitrogens is 1. The van der Waals surface area contributed by atoms with Crippen molar-refractivity contribution in [2.45, 2.75) is 13.5 Å². The fraction of sp³-hybridized carbons (Fsp3) is 0.0833. The predicted octanol–water partition coefficient (Wildman–Crippen LogP) is 5.87. The van der Waals surface area contributed by atoms with E-state index in [1.165, 1.54) is 4.57 Å². The second-order valence-corrected chi connectivity index (χ2v) is 7.64. The standard InChI is InChI=1S/C24H19ClN4O3/c1-15-5-4-6-18(13-15)26-21(30)14-29-20-8-3-2-7-19(20)22(24(29)32)27-28-23(31)16-9-11-17(25)12-10-16/h2-13,32H,14H2,1H3,(H,26,30). The summed E-state index contributed by atoms with van der Waals surface area (Å²) in [7, 11) is 0. The Labute approximate surface area is 189 Å². The first kappa shape index (κ1) is 21.3. The van der Waals surface area contributed by atoms with Gasteiger partial charge in [0.25, 0.3) is 5.91 Å². The van der Waals surface area contributed by atoms with Crippen LogP contribution < -0.4 is 5.32 Å². The number of halogens is 1. The van der Waals surface area contributed by atoms with Crippen molar-refractivity contribution in [1.29, 1.82) is 0 Å². The molecule has 32 heavy (non-hydrogen) atoms. The van der Waals surface area contributed by atoms with Gasteiger partial charge in [-0.05, 0) is 55.0 Å². The van der Waals surface area contributed by atoms with Crippen LogP contribution in [0.4, 0.5) is 11.4 Å². The molecule has 4 aromatic rings. The Balaban J connectivity index is 1.62. The quantitative estimate of drug-likeness (QED) is 0.375. The first-order chi connectivity index (χ1) is 15.4. The largest absolute Gasteiger partial charge is 0.493 e. The van der Waals surface area contributed by atoms with E-state index in [1.54, 1.807) is 54.6 Å². The van der Waals surface area contributed by atoms with Gasteiger partial charge >= 0.3 is 0 Å². The number of aromatic hydroxyl groups is 1. The molecule has 7 nitrogen and oxygen atoms in total. The van der Waals surface area contributed by atoms with Crippen molar-refractivity contribution >= 4 is 45.7 Å². The lowest BCUT2D eigenvalue weighted by molar-refractivity contribution is -0.116. The highest BCUT2D eigenvalue weighted by Gasteiger charge is 2.19. The number of anilines is 1. The normalized spacial score (nSPS) is 11.2. The monoisotopic (exact) mass is 446 g/mol. The van der Waals surface area contributed by atoms with E-state index in [0.717, 1.165) is 5.56 Å². The molecule has 0 spiro atoms. The fourth-order valence-electron chi connectivity index (χ4n) is 3.34. The number of carbonyl (C=O) groups is 2. The lowest BCUT2D eigenvalue weighted by Crippen LogP contribution is -2.18.